The van der Waals surface area contributed by atoms with E-state index in [1.54, 1.807) is 34.6 Å². The Morgan fingerprint density at radius 2 is 1.78 bits per heavy atom. The molecule has 9 nitrogen and oxygen atoms in total. The molecule has 0 spiro atoms. The maximum atomic E-state index is 14.2. The molecule has 5 N–H and O–H groups in total. The molecule has 0 aromatic carbocycles. The van der Waals surface area contributed by atoms with Gasteiger partial charge in [-0.1, -0.05) is 41.0 Å². The van der Waals surface area contributed by atoms with Crippen molar-refractivity contribution < 1.29 is 39.5 Å². The highest BCUT2D eigenvalue weighted by Crippen LogP contribution is 2.64. The quantitative estimate of drug-likeness (QED) is 0.227. The van der Waals surface area contributed by atoms with E-state index in [1.165, 1.54) is 0 Å². The maximum Gasteiger partial charge on any atom is 0.314 e. The van der Waals surface area contributed by atoms with Crippen molar-refractivity contribution in [3.8, 4) is 0 Å². The summed E-state index contributed by atoms with van der Waals surface area (Å²) in [4.78, 5) is 28.3. The van der Waals surface area contributed by atoms with Crippen molar-refractivity contribution in [1.82, 2.24) is 5.32 Å². The Hall–Kier alpha value is -1.36. The van der Waals surface area contributed by atoms with E-state index in [1.807, 2.05) is 27.8 Å². The van der Waals surface area contributed by atoms with Gasteiger partial charge in [-0.25, -0.2) is 0 Å². The van der Waals surface area contributed by atoms with Crippen molar-refractivity contribution in [1.29, 1.82) is 0 Å². The topological polar surface area (TPSA) is 146 Å². The van der Waals surface area contributed by atoms with E-state index < -0.39 is 81.0 Å². The van der Waals surface area contributed by atoms with Gasteiger partial charge in [-0.3, -0.25) is 9.59 Å². The highest BCUT2D eigenvalue weighted by molar-refractivity contribution is 5.93. The number of ether oxygens (including phenoxy) is 2. The van der Waals surface area contributed by atoms with E-state index in [-0.39, 0.29) is 19.4 Å². The van der Waals surface area contributed by atoms with Gasteiger partial charge in [-0.05, 0) is 64.6 Å². The summed E-state index contributed by atoms with van der Waals surface area (Å²) >= 11 is 0. The summed E-state index contributed by atoms with van der Waals surface area (Å²) in [6.45, 7) is 16.7. The zero-order valence-electron chi connectivity index (χ0n) is 26.6. The second kappa shape index (κ2) is 10.1. The number of nitrogens with one attached hydrogen (secondary N) is 1. The number of rotatable bonds is 7. The number of esters is 1. The van der Waals surface area contributed by atoms with Crippen LogP contribution < -0.4 is 5.32 Å². The van der Waals surface area contributed by atoms with Crippen LogP contribution in [0, 0.1) is 28.1 Å². The number of aliphatic hydroxyl groups excluding tert-OH is 2. The van der Waals surface area contributed by atoms with Crippen molar-refractivity contribution in [2.45, 2.75) is 136 Å². The lowest BCUT2D eigenvalue weighted by molar-refractivity contribution is -0.335. The minimum atomic E-state index is -1.66. The number of hydrogen-bond donors (Lipinski definition) is 5. The summed E-state index contributed by atoms with van der Waals surface area (Å²) < 4.78 is 11.9. The van der Waals surface area contributed by atoms with Crippen molar-refractivity contribution >= 4 is 11.8 Å². The molecule has 0 amide bonds. The summed E-state index contributed by atoms with van der Waals surface area (Å²) in [6, 6.07) is 0. The third kappa shape index (κ3) is 4.02. The van der Waals surface area contributed by atoms with Crippen LogP contribution in [0.1, 0.15) is 94.4 Å². The van der Waals surface area contributed by atoms with Crippen molar-refractivity contribution in [2.24, 2.45) is 28.1 Å². The van der Waals surface area contributed by atoms with Gasteiger partial charge in [0, 0.05) is 29.7 Å². The smallest absolute Gasteiger partial charge is 0.314 e. The average molecular weight is 580 g/mol. The number of ketones is 1. The molecule has 1 aliphatic heterocycles. The fraction of sp³-hybridized carbons (Fsp3) is 0.875. The predicted octanol–water partition coefficient (Wildman–Crippen LogP) is 2.67. The van der Waals surface area contributed by atoms with E-state index in [9.17, 15) is 30.0 Å². The normalized spacial score (nSPS) is 44.8. The zero-order chi connectivity index (χ0) is 31.1. The maximum absolute atomic E-state index is 14.2. The van der Waals surface area contributed by atoms with Crippen LogP contribution >= 0.6 is 0 Å². The predicted molar refractivity (Wildman–Crippen MR) is 154 cm³/mol. The molecule has 1 saturated heterocycles. The van der Waals surface area contributed by atoms with Gasteiger partial charge in [-0.15, -0.1) is 0 Å². The van der Waals surface area contributed by atoms with Crippen LogP contribution in [0.3, 0.4) is 0 Å². The van der Waals surface area contributed by atoms with Crippen LogP contribution in [0.15, 0.2) is 11.1 Å². The van der Waals surface area contributed by atoms with E-state index in [4.69, 9.17) is 9.47 Å². The first-order valence-electron chi connectivity index (χ1n) is 15.4. The number of carbonyl (C=O) groups is 2. The summed E-state index contributed by atoms with van der Waals surface area (Å²) in [6.07, 6.45) is -2.18. The van der Waals surface area contributed by atoms with Crippen LogP contribution in [0.5, 0.6) is 0 Å². The summed E-state index contributed by atoms with van der Waals surface area (Å²) in [5.74, 6) is -2.64. The molecule has 0 aromatic rings. The Bertz CT molecular complexity index is 1120. The van der Waals surface area contributed by atoms with Gasteiger partial charge in [0.05, 0.1) is 35.2 Å². The molecule has 4 rings (SSSR count). The van der Waals surface area contributed by atoms with Gasteiger partial charge in [0.15, 0.2) is 5.78 Å². The molecule has 4 aliphatic rings. The second-order valence-corrected chi connectivity index (χ2v) is 14.6. The molecular formula is C32H53NO8. The largest absolute Gasteiger partial charge is 0.457 e. The average Bonchev–Trinajstić information content (AvgIpc) is 2.91. The molecule has 2 saturated carbocycles. The molecule has 2 bridgehead atoms. The molecule has 234 valence electrons. The zero-order valence-corrected chi connectivity index (χ0v) is 26.6. The summed E-state index contributed by atoms with van der Waals surface area (Å²) in [5, 5.41) is 51.0. The Kier molecular flexibility index (Phi) is 8.01. The molecule has 3 aliphatic carbocycles. The Morgan fingerprint density at radius 1 is 1.17 bits per heavy atom. The monoisotopic (exact) mass is 579 g/mol. The first-order valence-corrected chi connectivity index (χ1v) is 15.4. The standard InChI is InChI=1S/C32H53NO8/c1-11-13-29(8,33-10)28(7,12-2)26(37)41-19-15-32(39)18(4)24-30(9,20(34)14-21-31(24,38)16-40-21)25(36)23(35)22(17(19)3)27(32,5)6/h18-21,23-24,33-35,38-39H,11-16H2,1-10H3/t18?,19-,20-,21+,23+,24?,28?,29?,30+,31-,32+/m0/s1. The first-order chi connectivity index (χ1) is 18.8. The molecule has 0 aromatic heterocycles. The number of fused-ring (bicyclic) bond motifs is 5. The number of Topliss-reactive ketones (excluding diaryl/α,β-unsaturated/α-hetero) is 1. The number of hydrogen-bond acceptors (Lipinski definition) is 9. The minimum absolute atomic E-state index is 0.0239. The van der Waals surface area contributed by atoms with E-state index >= 15 is 0 Å². The third-order valence-corrected chi connectivity index (χ3v) is 12.8. The van der Waals surface area contributed by atoms with Crippen LogP contribution in [-0.2, 0) is 19.1 Å². The van der Waals surface area contributed by atoms with Gasteiger partial charge in [-0.2, -0.15) is 0 Å². The number of carbonyl (C=O) groups excluding carboxylic acids is 2. The van der Waals surface area contributed by atoms with E-state index in [2.05, 4.69) is 12.2 Å². The van der Waals surface area contributed by atoms with Crippen LogP contribution in [0.25, 0.3) is 0 Å². The van der Waals surface area contributed by atoms with Gasteiger partial charge in [0.1, 0.15) is 17.8 Å². The molecule has 4 unspecified atom stereocenters. The van der Waals surface area contributed by atoms with Crippen molar-refractivity contribution in [2.75, 3.05) is 13.7 Å². The molecule has 9 heteroatoms. The molecule has 41 heavy (non-hydrogen) atoms. The van der Waals surface area contributed by atoms with Crippen molar-refractivity contribution in [3.05, 3.63) is 11.1 Å². The summed E-state index contributed by atoms with van der Waals surface area (Å²) in [7, 11) is 1.84. The highest BCUT2D eigenvalue weighted by atomic mass is 16.6. The van der Waals surface area contributed by atoms with Crippen LogP contribution in [0.2, 0.25) is 0 Å². The van der Waals surface area contributed by atoms with Gasteiger partial charge >= 0.3 is 5.97 Å². The van der Waals surface area contributed by atoms with Gasteiger partial charge in [0.2, 0.25) is 0 Å². The lowest BCUT2D eigenvalue weighted by Gasteiger charge is -2.67. The fourth-order valence-corrected chi connectivity index (χ4v) is 9.31. The second-order valence-electron chi connectivity index (χ2n) is 14.6. The molecule has 3 fully saturated rings. The van der Waals surface area contributed by atoms with Gasteiger partial charge < -0.3 is 35.2 Å². The Morgan fingerprint density at radius 3 is 2.27 bits per heavy atom. The lowest BCUT2D eigenvalue weighted by atomic mass is 9.43. The first kappa shape index (κ1) is 32.6. The SMILES string of the molecule is CCCC(C)(NC)C(C)(CC)C(=O)O[C@H]1C[C@@]2(O)C(C)C3[C@]4(O)CO[C@@H]4C[C@H](O)[C@@]3(C)C(=O)[C@H](O)C(=C1C)C2(C)C. The Labute approximate surface area is 245 Å². The lowest BCUT2D eigenvalue weighted by Crippen LogP contribution is -2.78. The highest BCUT2D eigenvalue weighted by Gasteiger charge is 2.74. The fourth-order valence-electron chi connectivity index (χ4n) is 9.31. The minimum Gasteiger partial charge on any atom is -0.457 e. The Balaban J connectivity index is 1.86. The van der Waals surface area contributed by atoms with Crippen LogP contribution in [0.4, 0.5) is 0 Å². The van der Waals surface area contributed by atoms with E-state index in [0.717, 1.165) is 12.8 Å². The van der Waals surface area contributed by atoms with Gasteiger partial charge in [0.25, 0.3) is 0 Å². The molecule has 0 radical (unpaired) electrons. The third-order valence-electron chi connectivity index (χ3n) is 12.8. The van der Waals surface area contributed by atoms with Crippen molar-refractivity contribution in [3.63, 3.8) is 0 Å². The summed E-state index contributed by atoms with van der Waals surface area (Å²) in [5.41, 5.74) is -6.28. The molecule has 1 heterocycles. The molecular weight excluding hydrogens is 526 g/mol. The number of aliphatic hydroxyl groups is 4. The molecule has 11 atom stereocenters. The van der Waals surface area contributed by atoms with Crippen LogP contribution in [-0.4, -0.2) is 87.0 Å². The van der Waals surface area contributed by atoms with E-state index in [0.29, 0.717) is 17.6 Å².